The third-order valence-corrected chi connectivity index (χ3v) is 4.96. The third-order valence-electron chi connectivity index (χ3n) is 3.23. The molecule has 2 aromatic carbocycles. The third kappa shape index (κ3) is 4.59. The molecule has 7 heteroatoms. The van der Waals surface area contributed by atoms with Gasteiger partial charge >= 0.3 is 0 Å². The van der Waals surface area contributed by atoms with Crippen molar-refractivity contribution in [2.75, 3.05) is 11.1 Å². The lowest BCUT2D eigenvalue weighted by Gasteiger charge is -2.07. The summed E-state index contributed by atoms with van der Waals surface area (Å²) < 4.78 is 50.3. The van der Waals surface area contributed by atoms with Gasteiger partial charge in [0.2, 0.25) is 5.91 Å². The smallest absolute Gasteiger partial charge is 0.225 e. The van der Waals surface area contributed by atoms with Crippen molar-refractivity contribution < 1.29 is 22.0 Å². The Kier molecular flexibility index (Phi) is 5.10. The van der Waals surface area contributed by atoms with Crippen molar-refractivity contribution in [2.45, 2.75) is 18.2 Å². The molecule has 0 heterocycles. The van der Waals surface area contributed by atoms with Crippen LogP contribution in [0.2, 0.25) is 0 Å². The van der Waals surface area contributed by atoms with Gasteiger partial charge in [0.05, 0.1) is 10.6 Å². The maximum Gasteiger partial charge on any atom is 0.225 e. The summed E-state index contributed by atoms with van der Waals surface area (Å²) in [7, 11) is -3.68. The number of amides is 1. The lowest BCUT2D eigenvalue weighted by molar-refractivity contribution is -0.115. The van der Waals surface area contributed by atoms with Crippen LogP contribution in [0.1, 0.15) is 12.0 Å². The lowest BCUT2D eigenvalue weighted by atomic mass is 10.2. The largest absolute Gasteiger partial charge is 0.326 e. The second-order valence-electron chi connectivity index (χ2n) is 5.03. The number of hydrogen-bond acceptors (Lipinski definition) is 3. The van der Waals surface area contributed by atoms with E-state index in [1.807, 2.05) is 0 Å². The Morgan fingerprint density at radius 3 is 2.35 bits per heavy atom. The van der Waals surface area contributed by atoms with E-state index in [4.69, 9.17) is 0 Å². The summed E-state index contributed by atoms with van der Waals surface area (Å²) in [6, 6.07) is 8.60. The summed E-state index contributed by atoms with van der Waals surface area (Å²) >= 11 is 0. The molecule has 0 saturated heterocycles. The molecule has 0 aliphatic heterocycles. The van der Waals surface area contributed by atoms with Crippen LogP contribution < -0.4 is 5.32 Å². The van der Waals surface area contributed by atoms with Gasteiger partial charge in [0, 0.05) is 12.1 Å². The Bertz CT molecular complexity index is 818. The number of rotatable bonds is 5. The van der Waals surface area contributed by atoms with Gasteiger partial charge in [0.1, 0.15) is 11.6 Å². The number of carbonyl (C=O) groups excluding carboxylic acids is 1. The monoisotopic (exact) mass is 339 g/mol. The molecule has 0 aliphatic rings. The number of aryl methyl sites for hydroxylation is 1. The molecular formula is C16H15F2NO3S. The molecule has 0 aliphatic carbocycles. The summed E-state index contributed by atoms with van der Waals surface area (Å²) in [5, 5.41) is 2.44. The summed E-state index contributed by atoms with van der Waals surface area (Å²) in [5.74, 6) is -1.96. The van der Waals surface area contributed by atoms with Crippen LogP contribution >= 0.6 is 0 Å². The van der Waals surface area contributed by atoms with Gasteiger partial charge < -0.3 is 5.32 Å². The zero-order chi connectivity index (χ0) is 17.0. The minimum atomic E-state index is -3.68. The van der Waals surface area contributed by atoms with Crippen LogP contribution in [0.25, 0.3) is 0 Å². The maximum atomic E-state index is 13.4. The number of halogens is 2. The fourth-order valence-electron chi connectivity index (χ4n) is 1.88. The van der Waals surface area contributed by atoms with Crippen molar-refractivity contribution >= 4 is 21.4 Å². The van der Waals surface area contributed by atoms with Crippen LogP contribution in [-0.2, 0) is 14.6 Å². The van der Waals surface area contributed by atoms with Gasteiger partial charge in [-0.05, 0) is 48.9 Å². The molecule has 0 atom stereocenters. The van der Waals surface area contributed by atoms with Gasteiger partial charge in [0.25, 0.3) is 0 Å². The fraction of sp³-hybridized carbons (Fsp3) is 0.188. The summed E-state index contributed by atoms with van der Waals surface area (Å²) in [6.45, 7) is 1.59. The van der Waals surface area contributed by atoms with Gasteiger partial charge in [0.15, 0.2) is 9.84 Å². The first-order valence-corrected chi connectivity index (χ1v) is 8.47. The Balaban J connectivity index is 1.98. The first-order chi connectivity index (χ1) is 10.8. The average molecular weight is 339 g/mol. The standard InChI is InChI=1S/C16H15F2NO3S/c1-11-2-5-13(10-15(11)18)19-16(20)8-9-23(21,22)14-6-3-12(17)4-7-14/h2-7,10H,8-9H2,1H3,(H,19,20). The highest BCUT2D eigenvalue weighted by atomic mass is 32.2. The molecule has 0 aromatic heterocycles. The summed E-state index contributed by atoms with van der Waals surface area (Å²) in [5.41, 5.74) is 0.708. The normalized spacial score (nSPS) is 11.3. The van der Waals surface area contributed by atoms with E-state index in [-0.39, 0.29) is 17.0 Å². The van der Waals surface area contributed by atoms with Crippen LogP contribution in [0.5, 0.6) is 0 Å². The molecule has 0 fully saturated rings. The van der Waals surface area contributed by atoms with Crippen molar-refractivity contribution in [2.24, 2.45) is 0 Å². The molecule has 0 saturated carbocycles. The molecule has 1 N–H and O–H groups in total. The number of carbonyl (C=O) groups is 1. The molecule has 1 amide bonds. The Morgan fingerprint density at radius 2 is 1.74 bits per heavy atom. The molecule has 122 valence electrons. The SMILES string of the molecule is Cc1ccc(NC(=O)CCS(=O)(=O)c2ccc(F)cc2)cc1F. The molecule has 0 bridgehead atoms. The van der Waals surface area contributed by atoms with E-state index in [2.05, 4.69) is 5.32 Å². The zero-order valence-corrected chi connectivity index (χ0v) is 13.2. The van der Waals surface area contributed by atoms with E-state index < -0.39 is 33.1 Å². The van der Waals surface area contributed by atoms with E-state index in [9.17, 15) is 22.0 Å². The van der Waals surface area contributed by atoms with Crippen LogP contribution in [0, 0.1) is 18.6 Å². The highest BCUT2D eigenvalue weighted by molar-refractivity contribution is 7.91. The van der Waals surface area contributed by atoms with Gasteiger partial charge in [-0.3, -0.25) is 4.79 Å². The number of hydrogen-bond donors (Lipinski definition) is 1. The van der Waals surface area contributed by atoms with E-state index in [1.165, 1.54) is 18.2 Å². The number of sulfone groups is 1. The number of anilines is 1. The van der Waals surface area contributed by atoms with Crippen LogP contribution in [0.4, 0.5) is 14.5 Å². The second-order valence-corrected chi connectivity index (χ2v) is 7.14. The van der Waals surface area contributed by atoms with Gasteiger partial charge in [-0.1, -0.05) is 6.07 Å². The summed E-state index contributed by atoms with van der Waals surface area (Å²) in [4.78, 5) is 11.7. The summed E-state index contributed by atoms with van der Waals surface area (Å²) in [6.07, 6.45) is -0.283. The number of nitrogens with one attached hydrogen (secondary N) is 1. The molecule has 2 aromatic rings. The second kappa shape index (κ2) is 6.87. The molecule has 0 spiro atoms. The highest BCUT2D eigenvalue weighted by Gasteiger charge is 2.16. The van der Waals surface area contributed by atoms with Gasteiger partial charge in [-0.2, -0.15) is 0 Å². The Hall–Kier alpha value is -2.28. The predicted octanol–water partition coefficient (Wildman–Crippen LogP) is 3.08. The maximum absolute atomic E-state index is 13.4. The first kappa shape index (κ1) is 17.1. The van der Waals surface area contributed by atoms with Gasteiger partial charge in [-0.25, -0.2) is 17.2 Å². The van der Waals surface area contributed by atoms with Crippen molar-refractivity contribution in [3.8, 4) is 0 Å². The van der Waals surface area contributed by atoms with E-state index >= 15 is 0 Å². The van der Waals surface area contributed by atoms with Crippen molar-refractivity contribution in [3.05, 3.63) is 59.7 Å². The molecule has 2 rings (SSSR count). The van der Waals surface area contributed by atoms with Crippen LogP contribution in [0.3, 0.4) is 0 Å². The van der Waals surface area contributed by atoms with Crippen molar-refractivity contribution in [1.82, 2.24) is 0 Å². The fourth-order valence-corrected chi connectivity index (χ4v) is 3.12. The molecule has 0 unspecified atom stereocenters. The van der Waals surface area contributed by atoms with Crippen molar-refractivity contribution in [3.63, 3.8) is 0 Å². The Morgan fingerprint density at radius 1 is 1.09 bits per heavy atom. The minimum Gasteiger partial charge on any atom is -0.326 e. The zero-order valence-electron chi connectivity index (χ0n) is 12.3. The van der Waals surface area contributed by atoms with E-state index in [1.54, 1.807) is 6.92 Å². The van der Waals surface area contributed by atoms with Crippen LogP contribution in [0.15, 0.2) is 47.4 Å². The average Bonchev–Trinajstić information content (AvgIpc) is 2.50. The minimum absolute atomic E-state index is 0.0481. The van der Waals surface area contributed by atoms with E-state index in [0.717, 1.165) is 24.3 Å². The van der Waals surface area contributed by atoms with Gasteiger partial charge in [-0.15, -0.1) is 0 Å². The topological polar surface area (TPSA) is 63.2 Å². The first-order valence-electron chi connectivity index (χ1n) is 6.82. The molecule has 4 nitrogen and oxygen atoms in total. The molecule has 23 heavy (non-hydrogen) atoms. The van der Waals surface area contributed by atoms with E-state index in [0.29, 0.717) is 5.56 Å². The Labute approximate surface area is 133 Å². The molecule has 0 radical (unpaired) electrons. The van der Waals surface area contributed by atoms with Crippen LogP contribution in [-0.4, -0.2) is 20.1 Å². The van der Waals surface area contributed by atoms with Crippen molar-refractivity contribution in [1.29, 1.82) is 0 Å². The quantitative estimate of drug-likeness (QED) is 0.852. The molecular weight excluding hydrogens is 324 g/mol. The lowest BCUT2D eigenvalue weighted by Crippen LogP contribution is -2.17. The highest BCUT2D eigenvalue weighted by Crippen LogP contribution is 2.15. The number of benzene rings is 2. The predicted molar refractivity (Wildman–Crippen MR) is 82.8 cm³/mol.